The zero-order chi connectivity index (χ0) is 16.3. The molecule has 0 bridgehead atoms. The lowest BCUT2D eigenvalue weighted by Gasteiger charge is -2.24. The molecule has 0 fully saturated rings. The molecular formula is C19H20BrNO. The van der Waals surface area contributed by atoms with Crippen molar-refractivity contribution in [1.29, 1.82) is 5.26 Å². The van der Waals surface area contributed by atoms with Gasteiger partial charge < -0.3 is 4.74 Å². The van der Waals surface area contributed by atoms with Gasteiger partial charge in [0.05, 0.1) is 11.6 Å². The summed E-state index contributed by atoms with van der Waals surface area (Å²) in [5.74, 6) is 0.876. The molecule has 0 saturated heterocycles. The fourth-order valence-electron chi connectivity index (χ4n) is 2.27. The summed E-state index contributed by atoms with van der Waals surface area (Å²) >= 11 is 3.59. The summed E-state index contributed by atoms with van der Waals surface area (Å²) in [5, 5.41) is 9.17. The Morgan fingerprint density at radius 3 is 2.50 bits per heavy atom. The topological polar surface area (TPSA) is 33.0 Å². The van der Waals surface area contributed by atoms with Crippen LogP contribution in [0.25, 0.3) is 0 Å². The lowest BCUT2D eigenvalue weighted by atomic mass is 9.86. The van der Waals surface area contributed by atoms with E-state index in [0.29, 0.717) is 12.2 Å². The van der Waals surface area contributed by atoms with Crippen molar-refractivity contribution in [2.24, 2.45) is 0 Å². The second kappa shape index (κ2) is 6.54. The molecule has 0 spiro atoms. The number of nitrogens with zero attached hydrogens (tertiary/aromatic N) is 1. The summed E-state index contributed by atoms with van der Waals surface area (Å²) in [6.07, 6.45) is 0. The lowest BCUT2D eigenvalue weighted by Crippen LogP contribution is -2.14. The molecule has 2 aromatic rings. The number of aryl methyl sites for hydroxylation is 1. The maximum atomic E-state index is 9.17. The monoisotopic (exact) mass is 357 g/mol. The standard InChI is InChI=1S/C19H20BrNO/c1-13-9-18(16(10-17(13)20)19(2,3)4)22-12-15-8-6-5-7-14(15)11-21/h5-10H,12H2,1-4H3. The molecule has 3 heteroatoms. The van der Waals surface area contributed by atoms with Gasteiger partial charge in [0.15, 0.2) is 0 Å². The number of benzene rings is 2. The Labute approximate surface area is 140 Å². The van der Waals surface area contributed by atoms with Crippen LogP contribution in [0.4, 0.5) is 0 Å². The molecule has 0 N–H and O–H groups in total. The maximum absolute atomic E-state index is 9.17. The highest BCUT2D eigenvalue weighted by Crippen LogP contribution is 2.36. The minimum Gasteiger partial charge on any atom is -0.489 e. The van der Waals surface area contributed by atoms with Gasteiger partial charge in [-0.3, -0.25) is 0 Å². The Morgan fingerprint density at radius 1 is 1.18 bits per heavy atom. The molecule has 0 aliphatic heterocycles. The summed E-state index contributed by atoms with van der Waals surface area (Å²) < 4.78 is 7.14. The number of hydrogen-bond donors (Lipinski definition) is 0. The number of rotatable bonds is 3. The van der Waals surface area contributed by atoms with Crippen LogP contribution in [0.1, 0.15) is 43.0 Å². The van der Waals surface area contributed by atoms with Crippen LogP contribution in [-0.2, 0) is 12.0 Å². The smallest absolute Gasteiger partial charge is 0.123 e. The average Bonchev–Trinajstić information content (AvgIpc) is 2.47. The van der Waals surface area contributed by atoms with Crippen molar-refractivity contribution < 1.29 is 4.74 Å². The molecule has 0 saturated carbocycles. The SMILES string of the molecule is Cc1cc(OCc2ccccc2C#N)c(C(C)(C)C)cc1Br. The molecule has 2 rings (SSSR count). The second-order valence-electron chi connectivity index (χ2n) is 6.41. The summed E-state index contributed by atoms with van der Waals surface area (Å²) in [6.45, 7) is 8.95. The van der Waals surface area contributed by atoms with Gasteiger partial charge in [-0.1, -0.05) is 54.9 Å². The van der Waals surface area contributed by atoms with Gasteiger partial charge >= 0.3 is 0 Å². The summed E-state index contributed by atoms with van der Waals surface area (Å²) in [5.41, 5.74) is 3.84. The van der Waals surface area contributed by atoms with Crippen LogP contribution < -0.4 is 4.74 Å². The Kier molecular flexibility index (Phi) is 4.93. The normalized spacial score (nSPS) is 11.1. The van der Waals surface area contributed by atoms with Crippen molar-refractivity contribution in [2.75, 3.05) is 0 Å². The minimum absolute atomic E-state index is 0.0136. The van der Waals surface area contributed by atoms with Crippen LogP contribution in [0.15, 0.2) is 40.9 Å². The van der Waals surface area contributed by atoms with Crippen molar-refractivity contribution in [1.82, 2.24) is 0 Å². The van der Waals surface area contributed by atoms with Gasteiger partial charge in [-0.2, -0.15) is 5.26 Å². The Balaban J connectivity index is 2.34. The highest BCUT2D eigenvalue weighted by Gasteiger charge is 2.20. The second-order valence-corrected chi connectivity index (χ2v) is 7.26. The molecule has 0 aliphatic carbocycles. The van der Waals surface area contributed by atoms with Crippen LogP contribution in [0, 0.1) is 18.3 Å². The molecule has 0 unspecified atom stereocenters. The highest BCUT2D eigenvalue weighted by atomic mass is 79.9. The zero-order valence-corrected chi connectivity index (χ0v) is 15.0. The molecule has 0 amide bonds. The lowest BCUT2D eigenvalue weighted by molar-refractivity contribution is 0.297. The van der Waals surface area contributed by atoms with Crippen molar-refractivity contribution >= 4 is 15.9 Å². The molecule has 114 valence electrons. The molecule has 0 atom stereocenters. The van der Waals surface area contributed by atoms with Gasteiger partial charge in [-0.15, -0.1) is 0 Å². The fraction of sp³-hybridized carbons (Fsp3) is 0.316. The molecule has 2 nitrogen and oxygen atoms in total. The first-order chi connectivity index (χ1) is 10.3. The Morgan fingerprint density at radius 2 is 1.86 bits per heavy atom. The first-order valence-electron chi connectivity index (χ1n) is 7.24. The van der Waals surface area contributed by atoms with E-state index in [4.69, 9.17) is 10.00 Å². The van der Waals surface area contributed by atoms with Crippen molar-refractivity contribution in [3.8, 4) is 11.8 Å². The molecular weight excluding hydrogens is 338 g/mol. The van der Waals surface area contributed by atoms with E-state index in [-0.39, 0.29) is 5.41 Å². The van der Waals surface area contributed by atoms with Gasteiger partial charge in [0.1, 0.15) is 12.4 Å². The van der Waals surface area contributed by atoms with E-state index in [1.54, 1.807) is 0 Å². The van der Waals surface area contributed by atoms with E-state index < -0.39 is 0 Å². The van der Waals surface area contributed by atoms with Gasteiger partial charge in [-0.05, 0) is 36.1 Å². The van der Waals surface area contributed by atoms with Crippen LogP contribution in [0.2, 0.25) is 0 Å². The maximum Gasteiger partial charge on any atom is 0.123 e. The Hall–Kier alpha value is -1.79. The van der Waals surface area contributed by atoms with E-state index in [9.17, 15) is 0 Å². The van der Waals surface area contributed by atoms with E-state index in [0.717, 1.165) is 26.9 Å². The third kappa shape index (κ3) is 3.69. The highest BCUT2D eigenvalue weighted by molar-refractivity contribution is 9.10. The van der Waals surface area contributed by atoms with Crippen molar-refractivity contribution in [3.63, 3.8) is 0 Å². The van der Waals surface area contributed by atoms with Crippen molar-refractivity contribution in [2.45, 2.75) is 39.7 Å². The molecule has 22 heavy (non-hydrogen) atoms. The summed E-state index contributed by atoms with van der Waals surface area (Å²) in [4.78, 5) is 0. The molecule has 2 aromatic carbocycles. The van der Waals surface area contributed by atoms with E-state index in [2.05, 4.69) is 54.9 Å². The third-order valence-corrected chi connectivity index (χ3v) is 4.44. The van der Waals surface area contributed by atoms with Crippen LogP contribution >= 0.6 is 15.9 Å². The van der Waals surface area contributed by atoms with E-state index in [1.807, 2.05) is 31.2 Å². The minimum atomic E-state index is -0.0136. The quantitative estimate of drug-likeness (QED) is 0.725. The zero-order valence-electron chi connectivity index (χ0n) is 13.4. The molecule has 0 heterocycles. The fourth-order valence-corrected chi connectivity index (χ4v) is 2.61. The van der Waals surface area contributed by atoms with E-state index >= 15 is 0 Å². The molecule has 0 aromatic heterocycles. The van der Waals surface area contributed by atoms with Gasteiger partial charge in [-0.25, -0.2) is 0 Å². The summed E-state index contributed by atoms with van der Waals surface area (Å²) in [7, 11) is 0. The molecule has 0 radical (unpaired) electrons. The largest absolute Gasteiger partial charge is 0.489 e. The first-order valence-corrected chi connectivity index (χ1v) is 8.03. The number of halogens is 1. The van der Waals surface area contributed by atoms with Gasteiger partial charge in [0.25, 0.3) is 0 Å². The van der Waals surface area contributed by atoms with Crippen LogP contribution in [0.5, 0.6) is 5.75 Å². The van der Waals surface area contributed by atoms with Crippen LogP contribution in [-0.4, -0.2) is 0 Å². The van der Waals surface area contributed by atoms with Gasteiger partial charge in [0.2, 0.25) is 0 Å². The number of nitriles is 1. The van der Waals surface area contributed by atoms with Crippen LogP contribution in [0.3, 0.4) is 0 Å². The predicted molar refractivity (Wildman–Crippen MR) is 93.1 cm³/mol. The predicted octanol–water partition coefficient (Wildman–Crippen LogP) is 5.51. The first kappa shape index (κ1) is 16.6. The van der Waals surface area contributed by atoms with Crippen molar-refractivity contribution in [3.05, 3.63) is 63.1 Å². The van der Waals surface area contributed by atoms with E-state index in [1.165, 1.54) is 0 Å². The number of hydrogen-bond acceptors (Lipinski definition) is 2. The van der Waals surface area contributed by atoms with Gasteiger partial charge in [0, 0.05) is 15.6 Å². The average molecular weight is 358 g/mol. The third-order valence-electron chi connectivity index (χ3n) is 3.59. The molecule has 0 aliphatic rings. The summed E-state index contributed by atoms with van der Waals surface area (Å²) in [6, 6.07) is 13.9. The number of ether oxygens (including phenoxy) is 1. The Bertz CT molecular complexity index is 723.